The largest absolute Gasteiger partial charge is 0.733 e. The third kappa shape index (κ3) is 4.04. The molecule has 0 unspecified atom stereocenters. The Morgan fingerprint density at radius 2 is 1.87 bits per heavy atom. The molecule has 0 bridgehead atoms. The molecule has 0 aromatic heterocycles. The first-order chi connectivity index (χ1) is 14.4. The second-order valence-corrected chi connectivity index (χ2v) is 6.80. The smallest absolute Gasteiger partial charge is 0.343 e. The average molecular weight is 423 g/mol. The van der Waals surface area contributed by atoms with Crippen LogP contribution in [0, 0.1) is 5.21 Å². The molecule has 7 nitrogen and oxygen atoms in total. The lowest BCUT2D eigenvalue weighted by molar-refractivity contribution is 0.0734. The van der Waals surface area contributed by atoms with Crippen LogP contribution in [-0.4, -0.2) is 17.0 Å². The summed E-state index contributed by atoms with van der Waals surface area (Å²) in [5.74, 6) is -0.459. The summed E-state index contributed by atoms with van der Waals surface area (Å²) in [7, 11) is 0. The van der Waals surface area contributed by atoms with Crippen molar-refractivity contribution in [2.45, 2.75) is 0 Å². The summed E-state index contributed by atoms with van der Waals surface area (Å²) >= 11 is 5.87. The summed E-state index contributed by atoms with van der Waals surface area (Å²) in [4.78, 5) is 24.9. The van der Waals surface area contributed by atoms with Gasteiger partial charge >= 0.3 is 5.97 Å². The van der Waals surface area contributed by atoms with Crippen LogP contribution < -0.4 is 14.7 Å². The molecule has 0 aliphatic carbocycles. The molecule has 0 saturated carbocycles. The minimum absolute atomic E-state index is 0.0724. The number of ketones is 1. The van der Waals surface area contributed by atoms with Gasteiger partial charge in [0.05, 0.1) is 16.8 Å². The molecule has 1 aliphatic rings. The van der Waals surface area contributed by atoms with Gasteiger partial charge < -0.3 is 19.9 Å². The lowest BCUT2D eigenvalue weighted by Gasteiger charge is -2.21. The maximum absolute atomic E-state index is 12.5. The van der Waals surface area contributed by atoms with Crippen molar-refractivity contribution in [2.75, 3.05) is 5.23 Å². The molecule has 3 aromatic rings. The highest BCUT2D eigenvalue weighted by molar-refractivity contribution is 6.30. The standard InChI is InChI=1S/C22H13ClNO6/c23-15-6-4-13(5-7-15)10-20-21(25)18-9-8-17(12-19(18)30-20)29-22(26)14-2-1-3-16(11-14)24(27)28/h1-12,27H/q-1. The highest BCUT2D eigenvalue weighted by atomic mass is 35.5. The maximum atomic E-state index is 12.5. The normalized spacial score (nSPS) is 13.7. The molecule has 1 N–H and O–H groups in total. The van der Waals surface area contributed by atoms with Gasteiger partial charge in [-0.2, -0.15) is 0 Å². The number of carbonyl (C=O) groups is 2. The Hall–Kier alpha value is -3.65. The second kappa shape index (κ2) is 8.00. The molecule has 8 heteroatoms. The predicted octanol–water partition coefficient (Wildman–Crippen LogP) is 4.87. The van der Waals surface area contributed by atoms with Gasteiger partial charge in [-0.15, -0.1) is 0 Å². The molecule has 1 heterocycles. The maximum Gasteiger partial charge on any atom is 0.343 e. The number of ether oxygens (including phenoxy) is 2. The minimum Gasteiger partial charge on any atom is -0.733 e. The summed E-state index contributed by atoms with van der Waals surface area (Å²) in [6, 6.07) is 16.7. The van der Waals surface area contributed by atoms with Crippen molar-refractivity contribution in [1.29, 1.82) is 0 Å². The fourth-order valence-electron chi connectivity index (χ4n) is 2.86. The number of fused-ring (bicyclic) bond motifs is 1. The van der Waals surface area contributed by atoms with E-state index in [1.54, 1.807) is 30.3 Å². The predicted molar refractivity (Wildman–Crippen MR) is 110 cm³/mol. The number of esters is 1. The number of benzene rings is 3. The molecule has 150 valence electrons. The first kappa shape index (κ1) is 19.7. The van der Waals surface area contributed by atoms with Gasteiger partial charge in [0.25, 0.3) is 0 Å². The van der Waals surface area contributed by atoms with Gasteiger partial charge in [0.1, 0.15) is 11.5 Å². The molecule has 30 heavy (non-hydrogen) atoms. The van der Waals surface area contributed by atoms with E-state index < -0.39 is 5.97 Å². The van der Waals surface area contributed by atoms with Crippen LogP contribution in [0.1, 0.15) is 26.3 Å². The van der Waals surface area contributed by atoms with Gasteiger partial charge in [-0.1, -0.05) is 29.8 Å². The Morgan fingerprint density at radius 3 is 2.60 bits per heavy atom. The Labute approximate surface area is 175 Å². The van der Waals surface area contributed by atoms with E-state index >= 15 is 0 Å². The molecule has 0 radical (unpaired) electrons. The lowest BCUT2D eigenvalue weighted by Crippen LogP contribution is -2.11. The van der Waals surface area contributed by atoms with E-state index in [1.807, 2.05) is 0 Å². The first-order valence-electron chi connectivity index (χ1n) is 8.73. The lowest BCUT2D eigenvalue weighted by atomic mass is 10.1. The Morgan fingerprint density at radius 1 is 1.10 bits per heavy atom. The number of hydrogen-bond acceptors (Lipinski definition) is 7. The molecule has 0 spiro atoms. The SMILES string of the molecule is O=C(Oc1ccc2c(c1)OC(=Cc1ccc(Cl)cc1)C2=O)c1cccc(N([O-])O)c1. The summed E-state index contributed by atoms with van der Waals surface area (Å²) in [5.41, 5.74) is 1.06. The molecular formula is C22H13ClNO6-. The van der Waals surface area contributed by atoms with Gasteiger partial charge in [0.15, 0.2) is 5.76 Å². The number of hydrogen-bond donors (Lipinski definition) is 1. The van der Waals surface area contributed by atoms with Crippen LogP contribution in [0.5, 0.6) is 11.5 Å². The third-order valence-corrected chi connectivity index (χ3v) is 4.57. The van der Waals surface area contributed by atoms with Crippen molar-refractivity contribution in [3.63, 3.8) is 0 Å². The molecule has 0 atom stereocenters. The Balaban J connectivity index is 1.53. The van der Waals surface area contributed by atoms with E-state index in [2.05, 4.69) is 0 Å². The van der Waals surface area contributed by atoms with Crippen LogP contribution in [0.25, 0.3) is 6.08 Å². The topological polar surface area (TPSA) is 99.1 Å². The zero-order chi connectivity index (χ0) is 21.3. The number of carbonyl (C=O) groups excluding carboxylic acids is 2. The van der Waals surface area contributed by atoms with Gasteiger partial charge in [-0.25, -0.2) is 4.79 Å². The first-order valence-corrected chi connectivity index (χ1v) is 9.11. The molecule has 0 fully saturated rings. The number of halogens is 1. The summed E-state index contributed by atoms with van der Waals surface area (Å²) in [6.07, 6.45) is 1.60. The fourth-order valence-corrected chi connectivity index (χ4v) is 2.98. The molecule has 1 aliphatic heterocycles. The van der Waals surface area contributed by atoms with Crippen LogP contribution in [0.3, 0.4) is 0 Å². The highest BCUT2D eigenvalue weighted by Gasteiger charge is 2.28. The van der Waals surface area contributed by atoms with Crippen LogP contribution in [-0.2, 0) is 0 Å². The minimum atomic E-state index is -0.736. The average Bonchev–Trinajstić information content (AvgIpc) is 3.04. The van der Waals surface area contributed by atoms with Crippen molar-refractivity contribution < 1.29 is 24.3 Å². The molecule has 0 saturated heterocycles. The number of rotatable bonds is 4. The zero-order valence-corrected chi connectivity index (χ0v) is 16.0. The zero-order valence-electron chi connectivity index (χ0n) is 15.2. The Kier molecular flexibility index (Phi) is 5.24. The molecule has 3 aromatic carbocycles. The monoisotopic (exact) mass is 422 g/mol. The Bertz CT molecular complexity index is 1170. The van der Waals surface area contributed by atoms with Gasteiger partial charge in [-0.05, 0) is 54.1 Å². The van der Waals surface area contributed by atoms with E-state index in [-0.39, 0.29) is 39.5 Å². The van der Waals surface area contributed by atoms with Crippen LogP contribution in [0.15, 0.2) is 72.5 Å². The molecule has 4 rings (SSSR count). The second-order valence-electron chi connectivity index (χ2n) is 6.36. The van der Waals surface area contributed by atoms with Gasteiger partial charge in [0.2, 0.25) is 5.78 Å². The quantitative estimate of drug-likeness (QED) is 0.277. The van der Waals surface area contributed by atoms with Crippen molar-refractivity contribution in [2.24, 2.45) is 0 Å². The van der Waals surface area contributed by atoms with Crippen LogP contribution >= 0.6 is 11.6 Å². The van der Waals surface area contributed by atoms with Crippen molar-refractivity contribution in [3.05, 3.63) is 99.4 Å². The summed E-state index contributed by atoms with van der Waals surface area (Å²) in [5, 5.41) is 20.2. The van der Waals surface area contributed by atoms with Crippen molar-refractivity contribution >= 4 is 35.1 Å². The highest BCUT2D eigenvalue weighted by Crippen LogP contribution is 2.35. The van der Waals surface area contributed by atoms with E-state index in [1.165, 1.54) is 42.5 Å². The number of anilines is 1. The number of Topliss-reactive ketones (excluding diaryl/α,β-unsaturated/α-hetero) is 1. The van der Waals surface area contributed by atoms with E-state index in [4.69, 9.17) is 26.3 Å². The fraction of sp³-hybridized carbons (Fsp3) is 0. The number of nitrogens with zero attached hydrogens (tertiary/aromatic N) is 1. The van der Waals surface area contributed by atoms with Crippen molar-refractivity contribution in [1.82, 2.24) is 0 Å². The summed E-state index contributed by atoms with van der Waals surface area (Å²) < 4.78 is 10.9. The van der Waals surface area contributed by atoms with E-state index in [0.29, 0.717) is 10.6 Å². The van der Waals surface area contributed by atoms with E-state index in [9.17, 15) is 14.8 Å². The van der Waals surface area contributed by atoms with Crippen molar-refractivity contribution in [3.8, 4) is 11.5 Å². The number of allylic oxidation sites excluding steroid dienone is 1. The van der Waals surface area contributed by atoms with Gasteiger partial charge in [0, 0.05) is 11.1 Å². The molecule has 0 amide bonds. The van der Waals surface area contributed by atoms with Crippen LogP contribution in [0.2, 0.25) is 5.02 Å². The van der Waals surface area contributed by atoms with Gasteiger partial charge in [-0.3, -0.25) is 10.0 Å². The third-order valence-electron chi connectivity index (χ3n) is 4.32. The van der Waals surface area contributed by atoms with Crippen LogP contribution in [0.4, 0.5) is 5.69 Å². The van der Waals surface area contributed by atoms with E-state index in [0.717, 1.165) is 5.56 Å². The summed E-state index contributed by atoms with van der Waals surface area (Å²) in [6.45, 7) is 0. The molecular weight excluding hydrogens is 410 g/mol.